The fraction of sp³-hybridized carbons (Fsp3) is 0.550. The number of nitrogens with one attached hydrogen (secondary N) is 1. The molecule has 5 heteroatoms. The molecule has 3 fully saturated rings. The summed E-state index contributed by atoms with van der Waals surface area (Å²) >= 11 is 0. The molecular formula is C20H25N2O3+. The lowest BCUT2D eigenvalue weighted by molar-refractivity contribution is -0.978. The molecule has 4 aliphatic heterocycles. The summed E-state index contributed by atoms with van der Waals surface area (Å²) in [6.45, 7) is 6.02. The van der Waals surface area contributed by atoms with E-state index in [1.54, 1.807) is 0 Å². The lowest BCUT2D eigenvalue weighted by atomic mass is 9.70. The van der Waals surface area contributed by atoms with Crippen molar-refractivity contribution in [1.29, 1.82) is 0 Å². The molecule has 0 saturated carbocycles. The largest absolute Gasteiger partial charge is 0.507 e. The highest BCUT2D eigenvalue weighted by molar-refractivity contribution is 6.06. The smallest absolute Gasteiger partial charge is 0.341 e. The maximum atomic E-state index is 11.7. The Kier molecular flexibility index (Phi) is 3.06. The van der Waals surface area contributed by atoms with E-state index in [1.807, 2.05) is 6.07 Å². The molecular weight excluding hydrogens is 316 g/mol. The molecule has 6 rings (SSSR count). The first-order valence-corrected chi connectivity index (χ1v) is 9.49. The summed E-state index contributed by atoms with van der Waals surface area (Å²) in [7, 11) is 0. The van der Waals surface area contributed by atoms with Crippen LogP contribution in [0.3, 0.4) is 0 Å². The molecule has 0 amide bonds. The third-order valence-corrected chi connectivity index (χ3v) is 7.37. The first-order valence-electron chi connectivity index (χ1n) is 9.49. The quantitative estimate of drug-likeness (QED) is 0.733. The molecule has 1 aromatic carbocycles. The van der Waals surface area contributed by atoms with Gasteiger partial charge in [0.05, 0.1) is 30.8 Å². The summed E-state index contributed by atoms with van der Waals surface area (Å²) in [6, 6.07) is 3.88. The van der Waals surface area contributed by atoms with Gasteiger partial charge in [-0.3, -0.25) is 0 Å². The molecule has 132 valence electrons. The van der Waals surface area contributed by atoms with Gasteiger partial charge in [-0.15, -0.1) is 0 Å². The zero-order valence-electron chi connectivity index (χ0n) is 14.6. The van der Waals surface area contributed by atoms with Crippen LogP contribution >= 0.6 is 0 Å². The normalized spacial score (nSPS) is 33.2. The maximum Gasteiger partial charge on any atom is 0.341 e. The van der Waals surface area contributed by atoms with Crippen LogP contribution in [0.25, 0.3) is 10.9 Å². The predicted molar refractivity (Wildman–Crippen MR) is 94.7 cm³/mol. The van der Waals surface area contributed by atoms with Gasteiger partial charge in [-0.25, -0.2) is 4.79 Å². The number of aromatic amines is 1. The Morgan fingerprint density at radius 2 is 2.20 bits per heavy atom. The lowest BCUT2D eigenvalue weighted by Gasteiger charge is -2.59. The Hall–Kier alpha value is -2.01. The van der Waals surface area contributed by atoms with Crippen molar-refractivity contribution in [2.75, 3.05) is 19.6 Å². The van der Waals surface area contributed by atoms with Crippen molar-refractivity contribution in [1.82, 2.24) is 4.98 Å². The van der Waals surface area contributed by atoms with Gasteiger partial charge in [0.25, 0.3) is 0 Å². The van der Waals surface area contributed by atoms with Gasteiger partial charge in [-0.05, 0) is 30.0 Å². The molecule has 4 aliphatic rings. The number of hydrogen-bond donors (Lipinski definition) is 3. The molecule has 5 heterocycles. The summed E-state index contributed by atoms with van der Waals surface area (Å²) in [5.74, 6) is 0.426. The number of aromatic hydroxyl groups is 1. The monoisotopic (exact) mass is 341 g/mol. The number of H-pyrrole nitrogens is 1. The van der Waals surface area contributed by atoms with Crippen molar-refractivity contribution >= 4 is 16.9 Å². The molecule has 25 heavy (non-hydrogen) atoms. The Morgan fingerprint density at radius 1 is 1.36 bits per heavy atom. The topological polar surface area (TPSA) is 73.3 Å². The average Bonchev–Trinajstić information content (AvgIpc) is 2.99. The summed E-state index contributed by atoms with van der Waals surface area (Å²) in [5.41, 5.74) is 3.15. The van der Waals surface area contributed by atoms with E-state index in [9.17, 15) is 15.0 Å². The van der Waals surface area contributed by atoms with Crippen LogP contribution in [0.1, 0.15) is 53.8 Å². The van der Waals surface area contributed by atoms with E-state index in [2.05, 4.69) is 11.9 Å². The first kappa shape index (κ1) is 15.3. The second-order valence-corrected chi connectivity index (χ2v) is 8.27. The molecule has 5 nitrogen and oxygen atoms in total. The summed E-state index contributed by atoms with van der Waals surface area (Å²) in [6.07, 6.45) is 4.82. The predicted octanol–water partition coefficient (Wildman–Crippen LogP) is 3.44. The van der Waals surface area contributed by atoms with Crippen LogP contribution < -0.4 is 0 Å². The molecule has 2 aromatic rings. The SMILES string of the molecule is CCC1C[N@@+]23CCc4c([nH]c5c(C(=O)O)c(O)ccc45)[C@@H]2C[C@@H]1CC3. The molecule has 2 bridgehead atoms. The van der Waals surface area contributed by atoms with E-state index in [0.29, 0.717) is 11.6 Å². The zero-order chi connectivity index (χ0) is 17.3. The van der Waals surface area contributed by atoms with Crippen LogP contribution in [0.4, 0.5) is 0 Å². The fourth-order valence-corrected chi connectivity index (χ4v) is 6.12. The highest BCUT2D eigenvalue weighted by Gasteiger charge is 2.54. The number of benzene rings is 1. The Balaban J connectivity index is 1.68. The van der Waals surface area contributed by atoms with Crippen molar-refractivity contribution in [3.05, 3.63) is 29.0 Å². The van der Waals surface area contributed by atoms with Gasteiger partial charge in [-0.2, -0.15) is 0 Å². The van der Waals surface area contributed by atoms with Crippen LogP contribution in [-0.2, 0) is 6.42 Å². The minimum Gasteiger partial charge on any atom is -0.507 e. The number of aromatic carboxylic acids is 1. The van der Waals surface area contributed by atoms with Gasteiger partial charge in [0, 0.05) is 30.6 Å². The number of fused-ring (bicyclic) bond motifs is 5. The number of rotatable bonds is 2. The van der Waals surface area contributed by atoms with Crippen molar-refractivity contribution < 1.29 is 19.5 Å². The van der Waals surface area contributed by atoms with Crippen LogP contribution in [0.15, 0.2) is 12.1 Å². The van der Waals surface area contributed by atoms with Gasteiger partial charge in [-0.1, -0.05) is 6.92 Å². The number of carboxylic acid groups (broad SMARTS) is 1. The molecule has 1 unspecified atom stereocenters. The van der Waals surface area contributed by atoms with E-state index < -0.39 is 5.97 Å². The summed E-state index contributed by atoms with van der Waals surface area (Å²) in [4.78, 5) is 15.1. The van der Waals surface area contributed by atoms with E-state index in [1.165, 1.54) is 54.2 Å². The first-order chi connectivity index (χ1) is 12.0. The van der Waals surface area contributed by atoms with Crippen molar-refractivity contribution in [3.63, 3.8) is 0 Å². The van der Waals surface area contributed by atoms with Crippen molar-refractivity contribution in [3.8, 4) is 5.75 Å². The third kappa shape index (κ3) is 1.90. The molecule has 1 spiro atoms. The second kappa shape index (κ2) is 5.01. The summed E-state index contributed by atoms with van der Waals surface area (Å²) in [5, 5.41) is 20.6. The maximum absolute atomic E-state index is 11.7. The van der Waals surface area contributed by atoms with Crippen LogP contribution in [0.5, 0.6) is 5.75 Å². The van der Waals surface area contributed by atoms with E-state index in [-0.39, 0.29) is 11.3 Å². The van der Waals surface area contributed by atoms with Crippen LogP contribution in [0.2, 0.25) is 0 Å². The number of quaternary nitrogens is 1. The van der Waals surface area contributed by atoms with Crippen LogP contribution in [0, 0.1) is 11.8 Å². The Labute approximate surface area is 146 Å². The molecule has 0 aliphatic carbocycles. The zero-order valence-corrected chi connectivity index (χ0v) is 14.6. The fourth-order valence-electron chi connectivity index (χ4n) is 6.12. The Morgan fingerprint density at radius 3 is 2.96 bits per heavy atom. The van der Waals surface area contributed by atoms with Gasteiger partial charge < -0.3 is 19.7 Å². The van der Waals surface area contributed by atoms with Crippen LogP contribution in [-0.4, -0.2) is 45.3 Å². The van der Waals surface area contributed by atoms with E-state index in [0.717, 1.165) is 30.2 Å². The molecule has 3 N–H and O–H groups in total. The van der Waals surface area contributed by atoms with Gasteiger partial charge in [0.1, 0.15) is 17.4 Å². The molecule has 0 radical (unpaired) electrons. The number of hydrogen-bond acceptors (Lipinski definition) is 2. The molecule has 3 saturated heterocycles. The van der Waals surface area contributed by atoms with Crippen molar-refractivity contribution in [2.45, 2.75) is 38.6 Å². The summed E-state index contributed by atoms with van der Waals surface area (Å²) < 4.78 is 1.18. The number of piperidine rings is 3. The van der Waals surface area contributed by atoms with Gasteiger partial charge in [0.15, 0.2) is 0 Å². The number of carboxylic acids is 1. The standard InChI is InChI=1S/C20H24N2O3/c1-2-11-10-22-7-5-12(11)9-15(22)18-14(6-8-22)13-3-4-16(23)17(20(24)25)19(13)21-18/h3-4,11-12,15,21H,2,5-10H2,1H3,(H-,23,24,25)/p+1/t11?,12-,15-,22+/m0/s1. The lowest BCUT2D eigenvalue weighted by Crippen LogP contribution is -2.65. The Bertz CT molecular complexity index is 887. The highest BCUT2D eigenvalue weighted by atomic mass is 16.4. The van der Waals surface area contributed by atoms with Crippen molar-refractivity contribution in [2.24, 2.45) is 11.8 Å². The number of aromatic nitrogens is 1. The van der Waals surface area contributed by atoms with E-state index >= 15 is 0 Å². The minimum atomic E-state index is -1.07. The van der Waals surface area contributed by atoms with Gasteiger partial charge >= 0.3 is 5.97 Å². The highest BCUT2D eigenvalue weighted by Crippen LogP contribution is 2.53. The van der Waals surface area contributed by atoms with Gasteiger partial charge in [0.2, 0.25) is 0 Å². The molecule has 4 atom stereocenters. The number of phenols is 1. The minimum absolute atomic E-state index is 0.0147. The average molecular weight is 341 g/mol. The number of carbonyl (C=O) groups is 1. The third-order valence-electron chi connectivity index (χ3n) is 7.37. The van der Waals surface area contributed by atoms with E-state index in [4.69, 9.17) is 0 Å². The molecule has 1 aromatic heterocycles. The number of nitrogens with zero attached hydrogens (tertiary/aromatic N) is 1. The second-order valence-electron chi connectivity index (χ2n) is 8.27.